The lowest BCUT2D eigenvalue weighted by atomic mass is 10.1. The molecule has 1 aromatic heterocycles. The smallest absolute Gasteiger partial charge is 0.349 e. The molecule has 2 rings (SSSR count). The molecular formula is C18H23NO4. The van der Waals surface area contributed by atoms with Crippen molar-refractivity contribution in [1.82, 2.24) is 5.32 Å². The van der Waals surface area contributed by atoms with E-state index in [1.165, 1.54) is 0 Å². The molecule has 0 fully saturated rings. The van der Waals surface area contributed by atoms with E-state index in [2.05, 4.69) is 5.32 Å². The van der Waals surface area contributed by atoms with E-state index in [1.54, 1.807) is 24.3 Å². The number of fused-ring (bicyclic) bond motifs is 1. The van der Waals surface area contributed by atoms with E-state index in [0.717, 1.165) is 19.3 Å². The minimum absolute atomic E-state index is 0.0339. The van der Waals surface area contributed by atoms with E-state index < -0.39 is 5.63 Å². The molecule has 0 saturated heterocycles. The Morgan fingerprint density at radius 1 is 1.22 bits per heavy atom. The summed E-state index contributed by atoms with van der Waals surface area (Å²) in [5.74, 6) is 0.261. The Labute approximate surface area is 135 Å². The zero-order chi connectivity index (χ0) is 16.8. The second-order valence-electron chi connectivity index (χ2n) is 5.48. The van der Waals surface area contributed by atoms with Gasteiger partial charge in [0.1, 0.15) is 16.9 Å². The van der Waals surface area contributed by atoms with Gasteiger partial charge in [0.2, 0.25) is 0 Å². The van der Waals surface area contributed by atoms with Gasteiger partial charge in [0.25, 0.3) is 5.91 Å². The van der Waals surface area contributed by atoms with Crippen molar-refractivity contribution in [2.24, 2.45) is 0 Å². The molecule has 5 heteroatoms. The zero-order valence-corrected chi connectivity index (χ0v) is 13.8. The highest BCUT2D eigenvalue weighted by atomic mass is 16.5. The van der Waals surface area contributed by atoms with E-state index in [-0.39, 0.29) is 17.5 Å². The summed E-state index contributed by atoms with van der Waals surface area (Å²) < 4.78 is 10.8. The van der Waals surface area contributed by atoms with Crippen LogP contribution in [0, 0.1) is 0 Å². The zero-order valence-electron chi connectivity index (χ0n) is 13.8. The third-order valence-corrected chi connectivity index (χ3v) is 3.75. The van der Waals surface area contributed by atoms with Crippen molar-refractivity contribution < 1.29 is 13.9 Å². The van der Waals surface area contributed by atoms with Gasteiger partial charge in [-0.3, -0.25) is 4.79 Å². The van der Waals surface area contributed by atoms with Crippen LogP contribution in [-0.2, 0) is 0 Å². The van der Waals surface area contributed by atoms with Crippen LogP contribution in [-0.4, -0.2) is 18.6 Å². The van der Waals surface area contributed by atoms with Crippen LogP contribution in [0.3, 0.4) is 0 Å². The molecule has 1 N–H and O–H groups in total. The number of ether oxygens (including phenoxy) is 1. The summed E-state index contributed by atoms with van der Waals surface area (Å²) >= 11 is 0. The Morgan fingerprint density at radius 3 is 2.61 bits per heavy atom. The molecule has 0 aliphatic heterocycles. The van der Waals surface area contributed by atoms with Crippen molar-refractivity contribution in [3.05, 3.63) is 40.2 Å². The fourth-order valence-corrected chi connectivity index (χ4v) is 2.32. The number of hydrogen-bond donors (Lipinski definition) is 1. The minimum atomic E-state index is -0.631. The molecule has 0 saturated carbocycles. The monoisotopic (exact) mass is 317 g/mol. The summed E-state index contributed by atoms with van der Waals surface area (Å²) in [5.41, 5.74) is -0.178. The first-order chi connectivity index (χ1) is 11.1. The first kappa shape index (κ1) is 17.1. The van der Waals surface area contributed by atoms with Gasteiger partial charge in [-0.25, -0.2) is 4.79 Å². The van der Waals surface area contributed by atoms with Crippen LogP contribution >= 0.6 is 0 Å². The van der Waals surface area contributed by atoms with E-state index in [0.29, 0.717) is 23.3 Å². The molecule has 2 aromatic rings. The topological polar surface area (TPSA) is 68.5 Å². The summed E-state index contributed by atoms with van der Waals surface area (Å²) in [5, 5.41) is 3.55. The van der Waals surface area contributed by atoms with Gasteiger partial charge in [-0.2, -0.15) is 0 Å². The normalized spacial score (nSPS) is 11.0. The number of carbonyl (C=O) groups excluding carboxylic acids is 1. The number of rotatable bonds is 7. The summed E-state index contributed by atoms with van der Waals surface area (Å²) in [4.78, 5) is 24.3. The first-order valence-corrected chi connectivity index (χ1v) is 8.10. The molecule has 0 atom stereocenters. The molecule has 0 spiro atoms. The van der Waals surface area contributed by atoms with Gasteiger partial charge < -0.3 is 14.5 Å². The van der Waals surface area contributed by atoms with Gasteiger partial charge in [-0.15, -0.1) is 0 Å². The Hall–Kier alpha value is -2.30. The number of amides is 1. The molecule has 0 radical (unpaired) electrons. The fraction of sp³-hybridized carbons (Fsp3) is 0.444. The Balaban J connectivity index is 2.31. The molecule has 1 heterocycles. The maximum Gasteiger partial charge on any atom is 0.349 e. The lowest BCUT2D eigenvalue weighted by molar-refractivity contribution is 0.0931. The lowest BCUT2D eigenvalue weighted by Crippen LogP contribution is -2.36. The fourth-order valence-electron chi connectivity index (χ4n) is 2.32. The van der Waals surface area contributed by atoms with Crippen molar-refractivity contribution in [1.29, 1.82) is 0 Å². The molecule has 1 aromatic carbocycles. The molecule has 1 amide bonds. The van der Waals surface area contributed by atoms with Crippen molar-refractivity contribution in [3.63, 3.8) is 0 Å². The van der Waals surface area contributed by atoms with Gasteiger partial charge in [0.15, 0.2) is 0 Å². The van der Waals surface area contributed by atoms with Crippen LogP contribution in [0.4, 0.5) is 0 Å². The van der Waals surface area contributed by atoms with Crippen LogP contribution in [0.5, 0.6) is 5.75 Å². The molecule has 124 valence electrons. The van der Waals surface area contributed by atoms with Crippen molar-refractivity contribution in [2.45, 2.75) is 46.1 Å². The predicted molar refractivity (Wildman–Crippen MR) is 90.1 cm³/mol. The van der Waals surface area contributed by atoms with Crippen LogP contribution in [0.2, 0.25) is 0 Å². The minimum Gasteiger partial charge on any atom is -0.493 e. The molecule has 0 aliphatic rings. The standard InChI is InChI=1S/C18H23NO4/c1-4-9-22-14-8-7-12-10-15(18(21)23-16(12)11-14)17(20)19-13(5-2)6-3/h7-8,10-11,13H,4-6,9H2,1-3H3,(H,19,20). The highest BCUT2D eigenvalue weighted by Gasteiger charge is 2.16. The molecular weight excluding hydrogens is 294 g/mol. The first-order valence-electron chi connectivity index (χ1n) is 8.10. The summed E-state index contributed by atoms with van der Waals surface area (Å²) in [6.07, 6.45) is 2.54. The number of nitrogens with one attached hydrogen (secondary N) is 1. The Bertz CT molecular complexity index is 731. The summed E-state index contributed by atoms with van der Waals surface area (Å²) in [6, 6.07) is 6.90. The molecule has 0 aliphatic carbocycles. The van der Waals surface area contributed by atoms with Crippen LogP contribution in [0.25, 0.3) is 11.0 Å². The Morgan fingerprint density at radius 2 is 1.96 bits per heavy atom. The second kappa shape index (κ2) is 7.81. The maximum atomic E-state index is 12.2. The maximum absolute atomic E-state index is 12.2. The van der Waals surface area contributed by atoms with Crippen molar-refractivity contribution in [3.8, 4) is 5.75 Å². The molecule has 0 unspecified atom stereocenters. The molecule has 23 heavy (non-hydrogen) atoms. The Kier molecular flexibility index (Phi) is 5.79. The molecule has 0 bridgehead atoms. The molecule has 5 nitrogen and oxygen atoms in total. The van der Waals surface area contributed by atoms with Gasteiger partial charge in [0, 0.05) is 17.5 Å². The average molecular weight is 317 g/mol. The summed E-state index contributed by atoms with van der Waals surface area (Å²) in [7, 11) is 0. The van der Waals surface area contributed by atoms with Crippen LogP contribution < -0.4 is 15.7 Å². The summed E-state index contributed by atoms with van der Waals surface area (Å²) in [6.45, 7) is 6.61. The number of hydrogen-bond acceptors (Lipinski definition) is 4. The predicted octanol–water partition coefficient (Wildman–Crippen LogP) is 3.50. The van der Waals surface area contributed by atoms with E-state index in [4.69, 9.17) is 9.15 Å². The number of carbonyl (C=O) groups is 1. The quantitative estimate of drug-likeness (QED) is 0.794. The van der Waals surface area contributed by atoms with Crippen molar-refractivity contribution in [2.75, 3.05) is 6.61 Å². The van der Waals surface area contributed by atoms with Gasteiger partial charge in [-0.05, 0) is 37.5 Å². The van der Waals surface area contributed by atoms with Gasteiger partial charge >= 0.3 is 5.63 Å². The lowest BCUT2D eigenvalue weighted by Gasteiger charge is -2.14. The van der Waals surface area contributed by atoms with E-state index in [1.807, 2.05) is 20.8 Å². The van der Waals surface area contributed by atoms with E-state index >= 15 is 0 Å². The van der Waals surface area contributed by atoms with Gasteiger partial charge in [0.05, 0.1) is 6.61 Å². The average Bonchev–Trinajstić information content (AvgIpc) is 2.56. The third kappa shape index (κ3) is 4.12. The highest BCUT2D eigenvalue weighted by molar-refractivity contribution is 5.96. The van der Waals surface area contributed by atoms with Crippen molar-refractivity contribution >= 4 is 16.9 Å². The third-order valence-electron chi connectivity index (χ3n) is 3.75. The van der Waals surface area contributed by atoms with E-state index in [9.17, 15) is 9.59 Å². The van der Waals surface area contributed by atoms with Crippen LogP contribution in [0.1, 0.15) is 50.4 Å². The SMILES string of the molecule is CCCOc1ccc2cc(C(=O)NC(CC)CC)c(=O)oc2c1. The largest absolute Gasteiger partial charge is 0.493 e. The number of benzene rings is 1. The van der Waals surface area contributed by atoms with Crippen LogP contribution in [0.15, 0.2) is 33.5 Å². The van der Waals surface area contributed by atoms with Gasteiger partial charge in [-0.1, -0.05) is 20.8 Å². The second-order valence-corrected chi connectivity index (χ2v) is 5.48. The highest BCUT2D eigenvalue weighted by Crippen LogP contribution is 2.20.